The highest BCUT2D eigenvalue weighted by Crippen LogP contribution is 2.42. The first-order valence-electron chi connectivity index (χ1n) is 15.0. The van der Waals surface area contributed by atoms with Gasteiger partial charge in [0.25, 0.3) is 11.8 Å². The van der Waals surface area contributed by atoms with Gasteiger partial charge in [-0.25, -0.2) is 0 Å². The van der Waals surface area contributed by atoms with E-state index in [1.165, 1.54) is 55.0 Å². The van der Waals surface area contributed by atoms with E-state index < -0.39 is 0 Å². The average Bonchev–Trinajstić information content (AvgIpc) is 3.01. The molecule has 5 nitrogen and oxygen atoms in total. The second kappa shape index (κ2) is 12.3. The number of amides is 2. The minimum Gasteiger partial charge on any atom is -0.336 e. The lowest BCUT2D eigenvalue weighted by molar-refractivity contribution is -0.114. The molecule has 0 spiro atoms. The number of thioether (sulfide) groups is 1. The molecule has 3 aromatic rings. The molecule has 0 N–H and O–H groups in total. The summed E-state index contributed by atoms with van der Waals surface area (Å²) in [6, 6.07) is 22.9. The highest BCUT2D eigenvalue weighted by Gasteiger charge is 2.30. The summed E-state index contributed by atoms with van der Waals surface area (Å²) < 4.78 is 0. The molecule has 41 heavy (non-hydrogen) atoms. The van der Waals surface area contributed by atoms with Gasteiger partial charge in [-0.3, -0.25) is 14.5 Å². The van der Waals surface area contributed by atoms with Crippen LogP contribution < -0.4 is 4.90 Å². The monoisotopic (exact) mass is 565 g/mol. The highest BCUT2D eigenvalue weighted by molar-refractivity contribution is 8.04. The van der Waals surface area contributed by atoms with E-state index in [-0.39, 0.29) is 11.8 Å². The zero-order valence-corrected chi connectivity index (χ0v) is 25.0. The number of benzene rings is 3. The fourth-order valence-corrected chi connectivity index (χ4v) is 7.41. The van der Waals surface area contributed by atoms with Crippen LogP contribution >= 0.6 is 11.8 Å². The first-order chi connectivity index (χ1) is 20.0. The Morgan fingerprint density at radius 3 is 2.39 bits per heavy atom. The van der Waals surface area contributed by atoms with Crippen LogP contribution in [0, 0.1) is 13.8 Å². The summed E-state index contributed by atoms with van der Waals surface area (Å²) in [6.07, 6.45) is 8.62. The summed E-state index contributed by atoms with van der Waals surface area (Å²) in [7, 11) is 0. The summed E-state index contributed by atoms with van der Waals surface area (Å²) in [4.78, 5) is 35.3. The molecule has 6 heteroatoms. The van der Waals surface area contributed by atoms with Crippen molar-refractivity contribution in [2.45, 2.75) is 63.4 Å². The Morgan fingerprint density at radius 2 is 1.63 bits per heavy atom. The lowest BCUT2D eigenvalue weighted by Gasteiger charge is -2.40. The van der Waals surface area contributed by atoms with E-state index in [4.69, 9.17) is 0 Å². The molecule has 0 unspecified atom stereocenters. The Labute approximate surface area is 248 Å². The molecule has 6 rings (SSSR count). The van der Waals surface area contributed by atoms with Crippen molar-refractivity contribution in [2.24, 2.45) is 0 Å². The molecule has 0 aromatic heterocycles. The maximum atomic E-state index is 13.8. The zero-order chi connectivity index (χ0) is 28.3. The third-order valence-electron chi connectivity index (χ3n) is 8.81. The third kappa shape index (κ3) is 6.14. The molecule has 1 saturated heterocycles. The minimum absolute atomic E-state index is 0.00518. The van der Waals surface area contributed by atoms with Crippen molar-refractivity contribution in [3.8, 4) is 0 Å². The van der Waals surface area contributed by atoms with Gasteiger partial charge in [0, 0.05) is 42.7 Å². The summed E-state index contributed by atoms with van der Waals surface area (Å²) in [6.45, 7) is 8.24. The van der Waals surface area contributed by atoms with Gasteiger partial charge in [0.05, 0.1) is 17.1 Å². The van der Waals surface area contributed by atoms with Crippen LogP contribution in [0.4, 0.5) is 5.69 Å². The largest absolute Gasteiger partial charge is 0.336 e. The molecule has 3 aromatic carbocycles. The van der Waals surface area contributed by atoms with Crippen LogP contribution in [0.3, 0.4) is 0 Å². The Kier molecular flexibility index (Phi) is 8.31. The van der Waals surface area contributed by atoms with Crippen LogP contribution in [0.25, 0.3) is 6.08 Å². The van der Waals surface area contributed by atoms with Crippen molar-refractivity contribution in [1.82, 2.24) is 9.80 Å². The number of para-hydroxylation sites is 1. The number of carbonyl (C=O) groups is 2. The molecule has 2 fully saturated rings. The van der Waals surface area contributed by atoms with Gasteiger partial charge in [-0.2, -0.15) is 0 Å². The molecule has 1 aliphatic carbocycles. The second-order valence-electron chi connectivity index (χ2n) is 11.6. The van der Waals surface area contributed by atoms with E-state index in [0.29, 0.717) is 23.1 Å². The topological polar surface area (TPSA) is 43.9 Å². The number of anilines is 1. The number of aryl methyl sites for hydroxylation is 2. The van der Waals surface area contributed by atoms with E-state index >= 15 is 0 Å². The molecule has 2 amide bonds. The number of hydrogen-bond acceptors (Lipinski definition) is 4. The number of hydrogen-bond donors (Lipinski definition) is 0. The molecular formula is C35H39N3O2S. The molecular weight excluding hydrogens is 526 g/mol. The smallest absolute Gasteiger partial charge is 0.265 e. The minimum atomic E-state index is 0.00518. The molecule has 0 bridgehead atoms. The van der Waals surface area contributed by atoms with Crippen molar-refractivity contribution in [3.05, 3.63) is 99.5 Å². The Hall–Kier alpha value is -3.35. The number of fused-ring (bicyclic) bond motifs is 1. The Balaban J connectivity index is 1.16. The first-order valence-corrected chi connectivity index (χ1v) is 15.8. The summed E-state index contributed by atoms with van der Waals surface area (Å²) in [5, 5.41) is 0. The van der Waals surface area contributed by atoms with Crippen molar-refractivity contribution in [2.75, 3.05) is 31.1 Å². The molecule has 0 atom stereocenters. The first kappa shape index (κ1) is 27.8. The molecule has 2 heterocycles. The van der Waals surface area contributed by atoms with E-state index in [9.17, 15) is 9.59 Å². The maximum Gasteiger partial charge on any atom is 0.265 e. The SMILES string of the molecule is Cc1ccc(C)c(CN2C(=O)C(=Cc3ccc(C(=O)N4CCN(C5CCCCC5)CC4)cc3)Sc3ccccc32)c1. The van der Waals surface area contributed by atoms with Gasteiger partial charge in [-0.15, -0.1) is 0 Å². The van der Waals surface area contributed by atoms with Crippen molar-refractivity contribution < 1.29 is 9.59 Å². The van der Waals surface area contributed by atoms with Gasteiger partial charge in [-0.05, 0) is 73.7 Å². The Bertz CT molecular complexity index is 1450. The lowest BCUT2D eigenvalue weighted by Crippen LogP contribution is -2.52. The zero-order valence-electron chi connectivity index (χ0n) is 24.1. The lowest BCUT2D eigenvalue weighted by atomic mass is 9.94. The number of piperazine rings is 1. The molecule has 1 saturated carbocycles. The van der Waals surface area contributed by atoms with Gasteiger partial charge in [0.15, 0.2) is 0 Å². The van der Waals surface area contributed by atoms with E-state index in [1.807, 2.05) is 58.3 Å². The fraction of sp³-hybridized carbons (Fsp3) is 0.371. The third-order valence-corrected chi connectivity index (χ3v) is 9.89. The Morgan fingerprint density at radius 1 is 0.902 bits per heavy atom. The number of nitrogens with zero attached hydrogens (tertiary/aromatic N) is 3. The quantitative estimate of drug-likeness (QED) is 0.310. The van der Waals surface area contributed by atoms with Gasteiger partial charge < -0.3 is 9.80 Å². The second-order valence-corrected chi connectivity index (χ2v) is 12.7. The van der Waals surface area contributed by atoms with E-state index in [2.05, 4.69) is 43.0 Å². The maximum absolute atomic E-state index is 13.8. The molecule has 0 radical (unpaired) electrons. The van der Waals surface area contributed by atoms with Crippen molar-refractivity contribution >= 4 is 35.3 Å². The van der Waals surface area contributed by atoms with Gasteiger partial charge in [0.2, 0.25) is 0 Å². The van der Waals surface area contributed by atoms with Gasteiger partial charge in [0.1, 0.15) is 0 Å². The average molecular weight is 566 g/mol. The number of rotatable bonds is 5. The van der Waals surface area contributed by atoms with E-state index in [0.717, 1.165) is 47.9 Å². The van der Waals surface area contributed by atoms with Crippen LogP contribution in [0.2, 0.25) is 0 Å². The normalized spacial score (nSPS) is 19.5. The number of carbonyl (C=O) groups excluding carboxylic acids is 2. The van der Waals surface area contributed by atoms with Crippen LogP contribution in [0.15, 0.2) is 76.5 Å². The van der Waals surface area contributed by atoms with Gasteiger partial charge in [-0.1, -0.05) is 79.1 Å². The summed E-state index contributed by atoms with van der Waals surface area (Å²) in [5.74, 6) is 0.106. The predicted octanol–water partition coefficient (Wildman–Crippen LogP) is 7.07. The molecule has 212 valence electrons. The highest BCUT2D eigenvalue weighted by atomic mass is 32.2. The summed E-state index contributed by atoms with van der Waals surface area (Å²) >= 11 is 1.52. The van der Waals surface area contributed by atoms with Gasteiger partial charge >= 0.3 is 0 Å². The van der Waals surface area contributed by atoms with Crippen molar-refractivity contribution in [3.63, 3.8) is 0 Å². The molecule has 2 aliphatic heterocycles. The van der Waals surface area contributed by atoms with Crippen LogP contribution in [-0.2, 0) is 11.3 Å². The fourth-order valence-electron chi connectivity index (χ4n) is 6.35. The van der Waals surface area contributed by atoms with Crippen LogP contribution in [-0.4, -0.2) is 53.8 Å². The van der Waals surface area contributed by atoms with Crippen molar-refractivity contribution in [1.29, 1.82) is 0 Å². The van der Waals surface area contributed by atoms with Crippen LogP contribution in [0.5, 0.6) is 0 Å². The van der Waals surface area contributed by atoms with Crippen LogP contribution in [0.1, 0.15) is 64.7 Å². The predicted molar refractivity (Wildman–Crippen MR) is 168 cm³/mol. The summed E-state index contributed by atoms with van der Waals surface area (Å²) in [5.41, 5.74) is 6.11. The molecule has 3 aliphatic rings. The van der Waals surface area contributed by atoms with E-state index in [1.54, 1.807) is 0 Å². The standard InChI is InChI=1S/C35H39N3O2S/c1-25-12-13-26(2)29(22-25)24-38-31-10-6-7-11-32(31)41-33(35(38)40)23-27-14-16-28(17-15-27)34(39)37-20-18-36(19-21-37)30-8-4-3-5-9-30/h6-7,10-17,22-23,30H,3-5,8-9,18-21,24H2,1-2H3.